The van der Waals surface area contributed by atoms with Gasteiger partial charge in [0.15, 0.2) is 0 Å². The van der Waals surface area contributed by atoms with E-state index in [2.05, 4.69) is 5.43 Å². The van der Waals surface area contributed by atoms with Crippen molar-refractivity contribution in [3.8, 4) is 0 Å². The van der Waals surface area contributed by atoms with Crippen LogP contribution in [0.2, 0.25) is 0 Å². The zero-order chi connectivity index (χ0) is 12.4. The summed E-state index contributed by atoms with van der Waals surface area (Å²) in [6, 6.07) is 0. The predicted molar refractivity (Wildman–Crippen MR) is 62.7 cm³/mol. The molecule has 0 aliphatic heterocycles. The SMILES string of the molecule is COC(C)(C)CCOCCCCC(=O)NN. The van der Waals surface area contributed by atoms with Crippen molar-refractivity contribution in [3.63, 3.8) is 0 Å². The van der Waals surface area contributed by atoms with Crippen LogP contribution in [0.1, 0.15) is 39.5 Å². The number of unbranched alkanes of at least 4 members (excludes halogenated alkanes) is 1. The van der Waals surface area contributed by atoms with Crippen LogP contribution in [0.3, 0.4) is 0 Å². The average molecular weight is 232 g/mol. The smallest absolute Gasteiger partial charge is 0.233 e. The number of amides is 1. The number of rotatable bonds is 9. The van der Waals surface area contributed by atoms with Crippen molar-refractivity contribution in [2.45, 2.75) is 45.1 Å². The minimum atomic E-state index is -0.126. The van der Waals surface area contributed by atoms with Crippen LogP contribution in [0.15, 0.2) is 0 Å². The molecule has 0 radical (unpaired) electrons. The van der Waals surface area contributed by atoms with Crippen LogP contribution in [0.25, 0.3) is 0 Å². The molecular weight excluding hydrogens is 208 g/mol. The fourth-order valence-corrected chi connectivity index (χ4v) is 1.08. The first-order chi connectivity index (χ1) is 7.52. The van der Waals surface area contributed by atoms with Gasteiger partial charge in [0.25, 0.3) is 0 Å². The van der Waals surface area contributed by atoms with Crippen molar-refractivity contribution in [1.82, 2.24) is 5.43 Å². The molecule has 0 heterocycles. The molecule has 0 aromatic carbocycles. The first kappa shape index (κ1) is 15.3. The van der Waals surface area contributed by atoms with E-state index in [1.165, 1.54) is 0 Å². The number of hydrazine groups is 1. The van der Waals surface area contributed by atoms with Gasteiger partial charge >= 0.3 is 0 Å². The van der Waals surface area contributed by atoms with Crippen molar-refractivity contribution in [2.75, 3.05) is 20.3 Å². The Bertz CT molecular complexity index is 196. The summed E-state index contributed by atoms with van der Waals surface area (Å²) in [7, 11) is 1.70. The molecule has 0 rings (SSSR count). The number of hydrogen-bond donors (Lipinski definition) is 2. The number of nitrogens with two attached hydrogens (primary N) is 1. The fraction of sp³-hybridized carbons (Fsp3) is 0.909. The van der Waals surface area contributed by atoms with E-state index >= 15 is 0 Å². The molecule has 0 spiro atoms. The molecule has 0 unspecified atom stereocenters. The van der Waals surface area contributed by atoms with Crippen LogP contribution in [-0.4, -0.2) is 31.8 Å². The Morgan fingerprint density at radius 2 is 2.00 bits per heavy atom. The third-order valence-corrected chi connectivity index (χ3v) is 2.50. The second-order valence-electron chi connectivity index (χ2n) is 4.35. The van der Waals surface area contributed by atoms with E-state index in [4.69, 9.17) is 15.3 Å². The highest BCUT2D eigenvalue weighted by Crippen LogP contribution is 2.12. The van der Waals surface area contributed by atoms with Crippen molar-refractivity contribution >= 4 is 5.91 Å². The summed E-state index contributed by atoms with van der Waals surface area (Å²) >= 11 is 0. The molecule has 5 nitrogen and oxygen atoms in total. The van der Waals surface area contributed by atoms with Gasteiger partial charge < -0.3 is 9.47 Å². The summed E-state index contributed by atoms with van der Waals surface area (Å²) in [5, 5.41) is 0. The van der Waals surface area contributed by atoms with Crippen LogP contribution >= 0.6 is 0 Å². The standard InChI is InChI=1S/C11H24N2O3/c1-11(2,15-3)7-9-16-8-5-4-6-10(14)13-12/h4-9,12H2,1-3H3,(H,13,14). The van der Waals surface area contributed by atoms with Crippen LogP contribution in [-0.2, 0) is 14.3 Å². The van der Waals surface area contributed by atoms with Gasteiger partial charge in [0.2, 0.25) is 5.91 Å². The van der Waals surface area contributed by atoms with Gasteiger partial charge in [-0.05, 0) is 33.1 Å². The Morgan fingerprint density at radius 3 is 2.56 bits per heavy atom. The van der Waals surface area contributed by atoms with Gasteiger partial charge in [-0.1, -0.05) is 0 Å². The molecule has 0 saturated carbocycles. The maximum Gasteiger partial charge on any atom is 0.233 e. The van der Waals surface area contributed by atoms with Gasteiger partial charge in [-0.15, -0.1) is 0 Å². The minimum absolute atomic E-state index is 0.125. The highest BCUT2D eigenvalue weighted by Gasteiger charge is 2.15. The number of methoxy groups -OCH3 is 1. The molecule has 0 aliphatic rings. The van der Waals surface area contributed by atoms with Crippen LogP contribution in [0, 0.1) is 0 Å². The van der Waals surface area contributed by atoms with E-state index in [0.29, 0.717) is 19.6 Å². The average Bonchev–Trinajstić information content (AvgIpc) is 2.27. The summed E-state index contributed by atoms with van der Waals surface area (Å²) in [4.78, 5) is 10.8. The van der Waals surface area contributed by atoms with Gasteiger partial charge in [0.05, 0.1) is 5.60 Å². The van der Waals surface area contributed by atoms with Crippen LogP contribution in [0.4, 0.5) is 0 Å². The third-order valence-electron chi connectivity index (χ3n) is 2.50. The number of ether oxygens (including phenoxy) is 2. The maximum absolute atomic E-state index is 10.8. The maximum atomic E-state index is 10.8. The minimum Gasteiger partial charge on any atom is -0.381 e. The molecule has 0 saturated heterocycles. The molecule has 0 aliphatic carbocycles. The number of carbonyl (C=O) groups excluding carboxylic acids is 1. The van der Waals surface area contributed by atoms with Crippen molar-refractivity contribution in [3.05, 3.63) is 0 Å². The lowest BCUT2D eigenvalue weighted by Gasteiger charge is -2.22. The molecule has 16 heavy (non-hydrogen) atoms. The van der Waals surface area contributed by atoms with Crippen molar-refractivity contribution < 1.29 is 14.3 Å². The van der Waals surface area contributed by atoms with E-state index in [1.807, 2.05) is 13.8 Å². The lowest BCUT2D eigenvalue weighted by atomic mass is 10.1. The molecular formula is C11H24N2O3. The van der Waals surface area contributed by atoms with E-state index in [-0.39, 0.29) is 11.5 Å². The number of hydrogen-bond acceptors (Lipinski definition) is 4. The van der Waals surface area contributed by atoms with Crippen molar-refractivity contribution in [2.24, 2.45) is 5.84 Å². The Morgan fingerprint density at radius 1 is 1.31 bits per heavy atom. The molecule has 0 aromatic heterocycles. The van der Waals surface area contributed by atoms with Crippen LogP contribution in [0.5, 0.6) is 0 Å². The summed E-state index contributed by atoms with van der Waals surface area (Å²) in [5.74, 6) is 4.83. The zero-order valence-corrected chi connectivity index (χ0v) is 10.5. The molecule has 96 valence electrons. The highest BCUT2D eigenvalue weighted by molar-refractivity contribution is 5.74. The van der Waals surface area contributed by atoms with Gasteiger partial charge in [-0.3, -0.25) is 10.2 Å². The van der Waals surface area contributed by atoms with E-state index in [1.54, 1.807) is 7.11 Å². The first-order valence-corrected chi connectivity index (χ1v) is 5.64. The summed E-state index contributed by atoms with van der Waals surface area (Å²) in [6.07, 6.45) is 3.01. The Labute approximate surface area is 97.6 Å². The summed E-state index contributed by atoms with van der Waals surface area (Å²) in [5.41, 5.74) is 1.97. The van der Waals surface area contributed by atoms with Gasteiger partial charge in [0.1, 0.15) is 0 Å². The summed E-state index contributed by atoms with van der Waals surface area (Å²) < 4.78 is 10.7. The second kappa shape index (κ2) is 8.50. The monoisotopic (exact) mass is 232 g/mol. The van der Waals surface area contributed by atoms with Gasteiger partial charge in [-0.2, -0.15) is 0 Å². The summed E-state index contributed by atoms with van der Waals surface area (Å²) in [6.45, 7) is 5.42. The molecule has 0 aromatic rings. The molecule has 3 N–H and O–H groups in total. The van der Waals surface area contributed by atoms with E-state index < -0.39 is 0 Å². The van der Waals surface area contributed by atoms with Gasteiger partial charge in [-0.25, -0.2) is 5.84 Å². The second-order valence-corrected chi connectivity index (χ2v) is 4.35. The largest absolute Gasteiger partial charge is 0.381 e. The first-order valence-electron chi connectivity index (χ1n) is 5.64. The molecule has 1 amide bonds. The third kappa shape index (κ3) is 8.64. The molecule has 0 atom stereocenters. The highest BCUT2D eigenvalue weighted by atomic mass is 16.5. The van der Waals surface area contributed by atoms with Crippen molar-refractivity contribution in [1.29, 1.82) is 0 Å². The quantitative estimate of drug-likeness (QED) is 0.269. The topological polar surface area (TPSA) is 73.6 Å². The number of carbonyl (C=O) groups is 1. The Balaban J connectivity index is 3.25. The molecule has 0 bridgehead atoms. The van der Waals surface area contributed by atoms with E-state index in [0.717, 1.165) is 19.3 Å². The van der Waals surface area contributed by atoms with Crippen LogP contribution < -0.4 is 11.3 Å². The van der Waals surface area contributed by atoms with Gasteiger partial charge in [0, 0.05) is 26.7 Å². The van der Waals surface area contributed by atoms with E-state index in [9.17, 15) is 4.79 Å². The zero-order valence-electron chi connectivity index (χ0n) is 10.5. The Hall–Kier alpha value is -0.650. The molecule has 5 heteroatoms. The number of nitrogens with one attached hydrogen (secondary N) is 1. The normalized spacial score (nSPS) is 11.5. The molecule has 0 fully saturated rings. The lowest BCUT2D eigenvalue weighted by Crippen LogP contribution is -2.29. The predicted octanol–water partition coefficient (Wildman–Crippen LogP) is 0.978. The fourth-order valence-electron chi connectivity index (χ4n) is 1.08. The lowest BCUT2D eigenvalue weighted by molar-refractivity contribution is -0.121. The Kier molecular flexibility index (Phi) is 8.15.